The smallest absolute Gasteiger partial charge is 0.400 e. The Hall–Kier alpha value is -1.05. The number of aromatic nitrogens is 2. The number of thioether (sulfide) groups is 1. The molecule has 0 atom stereocenters. The normalized spacial score (nSPS) is 20.1. The van der Waals surface area contributed by atoms with Crippen LogP contribution in [0.1, 0.15) is 47.1 Å². The summed E-state index contributed by atoms with van der Waals surface area (Å²) in [5, 5.41) is 4.36. The van der Waals surface area contributed by atoms with Gasteiger partial charge in [-0.1, -0.05) is 17.8 Å². The second-order valence-electron chi connectivity index (χ2n) is 6.72. The van der Waals surface area contributed by atoms with Crippen molar-refractivity contribution in [3.63, 3.8) is 0 Å². The van der Waals surface area contributed by atoms with E-state index < -0.39 is 18.3 Å². The first kappa shape index (κ1) is 18.3. The van der Waals surface area contributed by atoms with Crippen LogP contribution in [0.3, 0.4) is 0 Å². The number of carbonyl (C=O) groups excluding carboxylic acids is 1. The Morgan fingerprint density at radius 1 is 1.35 bits per heavy atom. The molecule has 1 aromatic heterocycles. The van der Waals surface area contributed by atoms with Gasteiger partial charge in [-0.2, -0.15) is 5.10 Å². The van der Waals surface area contributed by atoms with Gasteiger partial charge in [0.05, 0.1) is 17.4 Å². The van der Waals surface area contributed by atoms with Crippen LogP contribution in [0.2, 0.25) is 0 Å². The van der Waals surface area contributed by atoms with E-state index in [1.165, 1.54) is 11.8 Å². The van der Waals surface area contributed by atoms with E-state index in [4.69, 9.17) is 9.31 Å². The summed E-state index contributed by atoms with van der Waals surface area (Å²) in [6.45, 7) is 12.5. The topological polar surface area (TPSA) is 53.4 Å². The highest BCUT2D eigenvalue weighted by atomic mass is 32.2. The fourth-order valence-corrected chi connectivity index (χ4v) is 2.79. The number of hydrogen-bond acceptors (Lipinski definition) is 5. The van der Waals surface area contributed by atoms with Gasteiger partial charge in [0.25, 0.3) is 0 Å². The Bertz CT molecular complexity index is 594. The zero-order valence-corrected chi connectivity index (χ0v) is 15.6. The van der Waals surface area contributed by atoms with Gasteiger partial charge >= 0.3 is 7.12 Å². The van der Waals surface area contributed by atoms with E-state index in [2.05, 4.69) is 5.10 Å². The average Bonchev–Trinajstić information content (AvgIpc) is 2.97. The van der Waals surface area contributed by atoms with Gasteiger partial charge in [-0.05, 0) is 40.1 Å². The Balaban J connectivity index is 2.26. The minimum atomic E-state index is -0.447. The summed E-state index contributed by atoms with van der Waals surface area (Å²) in [6, 6.07) is 0. The minimum absolute atomic E-state index is 0.0803. The lowest BCUT2D eigenvalue weighted by molar-refractivity contribution is -0.109. The van der Waals surface area contributed by atoms with Gasteiger partial charge in [-0.3, -0.25) is 9.48 Å². The molecule has 23 heavy (non-hydrogen) atoms. The molecule has 126 valence electrons. The molecule has 1 aliphatic rings. The summed E-state index contributed by atoms with van der Waals surface area (Å²) >= 11 is 1.26. The number of aryl methyl sites for hydroxylation is 1. The van der Waals surface area contributed by atoms with Crippen LogP contribution < -0.4 is 0 Å². The molecule has 0 unspecified atom stereocenters. The van der Waals surface area contributed by atoms with Crippen molar-refractivity contribution in [2.75, 3.05) is 5.75 Å². The molecule has 0 radical (unpaired) electrons. The first-order chi connectivity index (χ1) is 10.6. The van der Waals surface area contributed by atoms with E-state index in [9.17, 15) is 4.79 Å². The van der Waals surface area contributed by atoms with Crippen molar-refractivity contribution in [3.8, 4) is 0 Å². The molecule has 0 amide bonds. The summed E-state index contributed by atoms with van der Waals surface area (Å²) < 4.78 is 14.1. The van der Waals surface area contributed by atoms with E-state index in [0.717, 1.165) is 17.6 Å². The van der Waals surface area contributed by atoms with E-state index in [0.29, 0.717) is 5.75 Å². The Labute approximate surface area is 142 Å². The maximum atomic E-state index is 11.4. The van der Waals surface area contributed by atoms with Crippen molar-refractivity contribution in [2.24, 2.45) is 0 Å². The SMILES string of the molecule is CCn1cc(C=C(CSC(C)=O)B2OC(C)(C)C(C)(C)O2)cn1. The molecule has 2 rings (SSSR count). The second kappa shape index (κ2) is 6.83. The summed E-state index contributed by atoms with van der Waals surface area (Å²) in [5.74, 6) is 0.545. The van der Waals surface area contributed by atoms with E-state index in [1.54, 1.807) is 6.92 Å². The van der Waals surface area contributed by atoms with Gasteiger partial charge in [-0.25, -0.2) is 0 Å². The number of nitrogens with zero attached hydrogens (tertiary/aromatic N) is 2. The summed E-state index contributed by atoms with van der Waals surface area (Å²) in [5.41, 5.74) is 1.14. The van der Waals surface area contributed by atoms with Crippen LogP contribution in [0.15, 0.2) is 17.9 Å². The molecule has 0 N–H and O–H groups in total. The van der Waals surface area contributed by atoms with Gasteiger partial charge in [0.2, 0.25) is 0 Å². The van der Waals surface area contributed by atoms with Gasteiger partial charge < -0.3 is 9.31 Å². The lowest BCUT2D eigenvalue weighted by Gasteiger charge is -2.32. The number of hydrogen-bond donors (Lipinski definition) is 0. The average molecular weight is 336 g/mol. The summed E-state index contributed by atoms with van der Waals surface area (Å²) in [4.78, 5) is 11.4. The minimum Gasteiger partial charge on any atom is -0.400 e. The van der Waals surface area contributed by atoms with Crippen molar-refractivity contribution < 1.29 is 14.1 Å². The third-order valence-electron chi connectivity index (χ3n) is 4.33. The van der Waals surface area contributed by atoms with Gasteiger partial charge in [0.15, 0.2) is 5.12 Å². The fourth-order valence-electron chi connectivity index (χ4n) is 2.20. The van der Waals surface area contributed by atoms with Crippen molar-refractivity contribution in [1.82, 2.24) is 9.78 Å². The molecule has 1 aliphatic heterocycles. The molecule has 0 saturated carbocycles. The predicted octanol–water partition coefficient (Wildman–Crippen LogP) is 3.20. The van der Waals surface area contributed by atoms with E-state index in [1.807, 2.05) is 57.8 Å². The largest absolute Gasteiger partial charge is 0.491 e. The zero-order chi connectivity index (χ0) is 17.3. The van der Waals surface area contributed by atoms with Crippen LogP contribution in [0.4, 0.5) is 0 Å². The number of carbonyl (C=O) groups is 1. The van der Waals surface area contributed by atoms with Crippen LogP contribution in [0.5, 0.6) is 0 Å². The van der Waals surface area contributed by atoms with Crippen LogP contribution >= 0.6 is 11.8 Å². The maximum Gasteiger partial charge on any atom is 0.491 e. The van der Waals surface area contributed by atoms with E-state index >= 15 is 0 Å². The molecule has 1 saturated heterocycles. The molecule has 0 bridgehead atoms. The molecular formula is C16H25BN2O3S. The van der Waals surface area contributed by atoms with Crippen molar-refractivity contribution in [1.29, 1.82) is 0 Å². The van der Waals surface area contributed by atoms with Gasteiger partial charge in [-0.15, -0.1) is 0 Å². The quantitative estimate of drug-likeness (QED) is 0.773. The molecule has 5 nitrogen and oxygen atoms in total. The van der Waals surface area contributed by atoms with Crippen LogP contribution in [0.25, 0.3) is 6.08 Å². The van der Waals surface area contributed by atoms with Crippen molar-refractivity contribution >= 4 is 30.1 Å². The third-order valence-corrected chi connectivity index (χ3v) is 5.21. The second-order valence-corrected chi connectivity index (χ2v) is 7.87. The molecule has 0 aliphatic carbocycles. The monoisotopic (exact) mass is 336 g/mol. The zero-order valence-electron chi connectivity index (χ0n) is 14.8. The van der Waals surface area contributed by atoms with Crippen LogP contribution in [-0.4, -0.2) is 39.0 Å². The highest BCUT2D eigenvalue weighted by molar-refractivity contribution is 8.13. The lowest BCUT2D eigenvalue weighted by atomic mass is 9.78. The van der Waals surface area contributed by atoms with Crippen LogP contribution in [0, 0.1) is 0 Å². The highest BCUT2D eigenvalue weighted by Crippen LogP contribution is 2.39. The highest BCUT2D eigenvalue weighted by Gasteiger charge is 2.52. The van der Waals surface area contributed by atoms with E-state index in [-0.39, 0.29) is 5.12 Å². The lowest BCUT2D eigenvalue weighted by Crippen LogP contribution is -2.41. The predicted molar refractivity (Wildman–Crippen MR) is 95.1 cm³/mol. The maximum absolute atomic E-state index is 11.4. The fraction of sp³-hybridized carbons (Fsp3) is 0.625. The molecule has 0 spiro atoms. The first-order valence-corrected chi connectivity index (χ1v) is 8.85. The van der Waals surface area contributed by atoms with Crippen LogP contribution in [-0.2, 0) is 20.6 Å². The van der Waals surface area contributed by atoms with Crippen molar-refractivity contribution in [2.45, 2.75) is 59.3 Å². The Kier molecular flexibility index (Phi) is 5.43. The summed E-state index contributed by atoms with van der Waals surface area (Å²) in [7, 11) is -0.447. The summed E-state index contributed by atoms with van der Waals surface area (Å²) in [6.07, 6.45) is 5.80. The van der Waals surface area contributed by atoms with Gasteiger partial charge in [0.1, 0.15) is 0 Å². The standard InChI is InChI=1S/C16H25BN2O3S/c1-7-19-10-13(9-18-19)8-14(11-23-12(2)20)17-21-15(3,4)16(5,6)22-17/h8-10H,7,11H2,1-6H3. The Morgan fingerprint density at radius 2 is 1.96 bits per heavy atom. The molecule has 1 aromatic rings. The molecule has 1 fully saturated rings. The number of rotatable bonds is 5. The Morgan fingerprint density at radius 3 is 2.43 bits per heavy atom. The first-order valence-electron chi connectivity index (χ1n) is 7.86. The molecule has 2 heterocycles. The molecule has 0 aromatic carbocycles. The molecule has 7 heteroatoms. The molecular weight excluding hydrogens is 311 g/mol. The third kappa shape index (κ3) is 4.28. The van der Waals surface area contributed by atoms with Crippen molar-refractivity contribution in [3.05, 3.63) is 23.4 Å². The van der Waals surface area contributed by atoms with Gasteiger partial charge in [0, 0.05) is 31.0 Å².